The maximum absolute atomic E-state index is 11.7. The molecule has 0 aromatic carbocycles. The highest BCUT2D eigenvalue weighted by molar-refractivity contribution is 6.01. The minimum atomic E-state index is -0.775. The van der Waals surface area contributed by atoms with E-state index in [0.29, 0.717) is 5.56 Å². The number of methoxy groups -OCH3 is 1. The molecule has 0 radical (unpaired) electrons. The topological polar surface area (TPSA) is 39.2 Å². The summed E-state index contributed by atoms with van der Waals surface area (Å²) in [7, 11) is 1.52. The number of carbonyl (C=O) groups excluding carboxylic acids is 1. The highest BCUT2D eigenvalue weighted by Gasteiger charge is 2.27. The molecule has 0 spiro atoms. The van der Waals surface area contributed by atoms with Crippen molar-refractivity contribution in [1.29, 1.82) is 0 Å². The van der Waals surface area contributed by atoms with Crippen LogP contribution in [0.15, 0.2) is 24.5 Å². The van der Waals surface area contributed by atoms with Crippen LogP contribution in [-0.2, 0) is 4.74 Å². The van der Waals surface area contributed by atoms with Gasteiger partial charge in [-0.15, -0.1) is 0 Å². The fourth-order valence-electron chi connectivity index (χ4n) is 0.937. The Labute approximate surface area is 77.8 Å². The van der Waals surface area contributed by atoms with Gasteiger partial charge >= 0.3 is 0 Å². The number of hydrogen-bond donors (Lipinski definition) is 0. The van der Waals surface area contributed by atoms with Gasteiger partial charge < -0.3 is 4.74 Å². The standard InChI is InChI=1S/C10H13NO2/c1-10(2,13-3)9(12)8-5-4-6-11-7-8/h4-7H,1-3H3. The van der Waals surface area contributed by atoms with Gasteiger partial charge in [0.05, 0.1) is 0 Å². The van der Waals surface area contributed by atoms with Gasteiger partial charge in [0, 0.05) is 25.1 Å². The van der Waals surface area contributed by atoms with Crippen molar-refractivity contribution in [1.82, 2.24) is 4.98 Å². The highest BCUT2D eigenvalue weighted by Crippen LogP contribution is 2.14. The molecule has 0 amide bonds. The molecule has 1 rings (SSSR count). The van der Waals surface area contributed by atoms with Crippen LogP contribution in [0, 0.1) is 0 Å². The van der Waals surface area contributed by atoms with Gasteiger partial charge in [0.15, 0.2) is 5.78 Å². The van der Waals surface area contributed by atoms with E-state index in [-0.39, 0.29) is 5.78 Å². The molecule has 0 saturated carbocycles. The predicted molar refractivity (Wildman–Crippen MR) is 49.7 cm³/mol. The maximum Gasteiger partial charge on any atom is 0.195 e. The van der Waals surface area contributed by atoms with Crippen molar-refractivity contribution in [2.24, 2.45) is 0 Å². The lowest BCUT2D eigenvalue weighted by Gasteiger charge is -2.20. The first-order valence-electron chi connectivity index (χ1n) is 4.08. The van der Waals surface area contributed by atoms with Gasteiger partial charge in [0.25, 0.3) is 0 Å². The van der Waals surface area contributed by atoms with E-state index < -0.39 is 5.60 Å². The summed E-state index contributed by atoms with van der Waals surface area (Å²) in [5, 5.41) is 0. The maximum atomic E-state index is 11.7. The summed E-state index contributed by atoms with van der Waals surface area (Å²) in [5.41, 5.74) is -0.197. The molecule has 70 valence electrons. The van der Waals surface area contributed by atoms with Gasteiger partial charge in [0.2, 0.25) is 0 Å². The molecule has 1 aromatic rings. The first-order chi connectivity index (χ1) is 6.08. The van der Waals surface area contributed by atoms with Crippen LogP contribution in [0.4, 0.5) is 0 Å². The number of aromatic nitrogens is 1. The Morgan fingerprint density at radius 3 is 2.69 bits per heavy atom. The van der Waals surface area contributed by atoms with Crippen LogP contribution in [-0.4, -0.2) is 23.5 Å². The van der Waals surface area contributed by atoms with Gasteiger partial charge in [-0.3, -0.25) is 9.78 Å². The minimum absolute atomic E-state index is 0.0527. The number of Topliss-reactive ketones (excluding diaryl/α,β-unsaturated/α-hetero) is 1. The molecule has 0 bridgehead atoms. The SMILES string of the molecule is COC(C)(C)C(=O)c1cccnc1. The van der Waals surface area contributed by atoms with Crippen molar-refractivity contribution in [2.75, 3.05) is 7.11 Å². The third-order valence-electron chi connectivity index (χ3n) is 1.98. The zero-order valence-electron chi connectivity index (χ0n) is 8.07. The Kier molecular flexibility index (Phi) is 2.78. The fraction of sp³-hybridized carbons (Fsp3) is 0.400. The Balaban J connectivity index is 2.93. The lowest BCUT2D eigenvalue weighted by atomic mass is 9.98. The van der Waals surface area contributed by atoms with E-state index in [1.54, 1.807) is 38.4 Å². The second kappa shape index (κ2) is 3.66. The first-order valence-corrected chi connectivity index (χ1v) is 4.08. The van der Waals surface area contributed by atoms with Crippen molar-refractivity contribution in [3.63, 3.8) is 0 Å². The van der Waals surface area contributed by atoms with Crippen LogP contribution in [0.3, 0.4) is 0 Å². The average Bonchev–Trinajstić information content (AvgIpc) is 2.18. The molecule has 3 heteroatoms. The number of ketones is 1. The van der Waals surface area contributed by atoms with Crippen LogP contribution < -0.4 is 0 Å². The monoisotopic (exact) mass is 179 g/mol. The molecular formula is C10H13NO2. The molecule has 0 atom stereocenters. The molecule has 1 aromatic heterocycles. The quantitative estimate of drug-likeness (QED) is 0.663. The normalized spacial score (nSPS) is 11.3. The third kappa shape index (κ3) is 2.12. The molecular weight excluding hydrogens is 166 g/mol. The van der Waals surface area contributed by atoms with Crippen molar-refractivity contribution in [3.8, 4) is 0 Å². The van der Waals surface area contributed by atoms with Gasteiger partial charge in [-0.25, -0.2) is 0 Å². The molecule has 0 fully saturated rings. The van der Waals surface area contributed by atoms with Crippen molar-refractivity contribution >= 4 is 5.78 Å². The lowest BCUT2D eigenvalue weighted by molar-refractivity contribution is 0.0228. The van der Waals surface area contributed by atoms with Crippen molar-refractivity contribution in [2.45, 2.75) is 19.4 Å². The molecule has 0 aliphatic heterocycles. The lowest BCUT2D eigenvalue weighted by Crippen LogP contribution is -2.33. The third-order valence-corrected chi connectivity index (χ3v) is 1.98. The number of pyridine rings is 1. The highest BCUT2D eigenvalue weighted by atomic mass is 16.5. The van der Waals surface area contributed by atoms with Gasteiger partial charge in [-0.05, 0) is 26.0 Å². The van der Waals surface area contributed by atoms with Crippen molar-refractivity contribution < 1.29 is 9.53 Å². The average molecular weight is 179 g/mol. The molecule has 0 aliphatic carbocycles. The van der Waals surface area contributed by atoms with E-state index in [4.69, 9.17) is 4.74 Å². The van der Waals surface area contributed by atoms with E-state index in [2.05, 4.69) is 4.98 Å². The molecule has 0 saturated heterocycles. The van der Waals surface area contributed by atoms with Crippen LogP contribution in [0.5, 0.6) is 0 Å². The Bertz CT molecular complexity index is 293. The summed E-state index contributed by atoms with van der Waals surface area (Å²) in [5.74, 6) is -0.0527. The summed E-state index contributed by atoms with van der Waals surface area (Å²) in [6.45, 7) is 3.48. The summed E-state index contributed by atoms with van der Waals surface area (Å²) >= 11 is 0. The Hall–Kier alpha value is -1.22. The van der Waals surface area contributed by atoms with Crippen molar-refractivity contribution in [3.05, 3.63) is 30.1 Å². The molecule has 3 nitrogen and oxygen atoms in total. The van der Waals surface area contributed by atoms with Gasteiger partial charge in [-0.2, -0.15) is 0 Å². The molecule has 0 N–H and O–H groups in total. The van der Waals surface area contributed by atoms with Gasteiger partial charge in [-0.1, -0.05) is 0 Å². The number of rotatable bonds is 3. The zero-order valence-corrected chi connectivity index (χ0v) is 8.07. The number of hydrogen-bond acceptors (Lipinski definition) is 3. The Morgan fingerprint density at radius 2 is 2.23 bits per heavy atom. The van der Waals surface area contributed by atoms with E-state index in [1.807, 2.05) is 0 Å². The summed E-state index contributed by atoms with van der Waals surface area (Å²) < 4.78 is 5.08. The second-order valence-corrected chi connectivity index (χ2v) is 3.29. The van der Waals surface area contributed by atoms with Crippen LogP contribution in [0.1, 0.15) is 24.2 Å². The number of ether oxygens (including phenoxy) is 1. The van der Waals surface area contributed by atoms with Crippen LogP contribution >= 0.6 is 0 Å². The smallest absolute Gasteiger partial charge is 0.195 e. The van der Waals surface area contributed by atoms with E-state index in [1.165, 1.54) is 7.11 Å². The van der Waals surface area contributed by atoms with E-state index in [0.717, 1.165) is 0 Å². The Morgan fingerprint density at radius 1 is 1.54 bits per heavy atom. The number of nitrogens with zero attached hydrogens (tertiary/aromatic N) is 1. The molecule has 13 heavy (non-hydrogen) atoms. The first kappa shape index (κ1) is 9.86. The predicted octanol–water partition coefficient (Wildman–Crippen LogP) is 1.69. The summed E-state index contributed by atoms with van der Waals surface area (Å²) in [4.78, 5) is 15.6. The summed E-state index contributed by atoms with van der Waals surface area (Å²) in [6.07, 6.45) is 3.18. The largest absolute Gasteiger partial charge is 0.371 e. The minimum Gasteiger partial charge on any atom is -0.371 e. The van der Waals surface area contributed by atoms with Crippen LogP contribution in [0.2, 0.25) is 0 Å². The fourth-order valence-corrected chi connectivity index (χ4v) is 0.937. The van der Waals surface area contributed by atoms with E-state index >= 15 is 0 Å². The molecule has 0 unspecified atom stereocenters. The molecule has 0 aliphatic rings. The molecule has 1 heterocycles. The zero-order chi connectivity index (χ0) is 9.90. The summed E-state index contributed by atoms with van der Waals surface area (Å²) in [6, 6.07) is 3.47. The number of carbonyl (C=O) groups is 1. The van der Waals surface area contributed by atoms with Gasteiger partial charge in [0.1, 0.15) is 5.60 Å². The van der Waals surface area contributed by atoms with E-state index in [9.17, 15) is 4.79 Å². The van der Waals surface area contributed by atoms with Crippen LogP contribution in [0.25, 0.3) is 0 Å². The second-order valence-electron chi connectivity index (χ2n) is 3.29.